The van der Waals surface area contributed by atoms with Gasteiger partial charge >= 0.3 is 5.97 Å². The molecular formula is C29H33N3O5S2. The van der Waals surface area contributed by atoms with Crippen LogP contribution in [0.1, 0.15) is 63.4 Å². The predicted octanol–water partition coefficient (Wildman–Crippen LogP) is 5.09. The van der Waals surface area contributed by atoms with Crippen molar-refractivity contribution in [3.8, 4) is 0 Å². The number of esters is 1. The van der Waals surface area contributed by atoms with E-state index in [-0.39, 0.29) is 11.5 Å². The summed E-state index contributed by atoms with van der Waals surface area (Å²) in [6.45, 7) is 7.13. The topological polar surface area (TPSA) is 96.0 Å². The summed E-state index contributed by atoms with van der Waals surface area (Å²) in [6, 6.07) is 13.5. The van der Waals surface area contributed by atoms with Crippen molar-refractivity contribution in [2.24, 2.45) is 0 Å². The number of carbonyl (C=O) groups excluding carboxylic acids is 2. The number of hydrogen-bond acceptors (Lipinski definition) is 7. The fraction of sp³-hybridized carbons (Fsp3) is 0.379. The number of aryl methyl sites for hydroxylation is 1. The fourth-order valence-corrected chi connectivity index (χ4v) is 8.11. The second-order valence-electron chi connectivity index (χ2n) is 9.74. The fourth-order valence-electron chi connectivity index (χ4n) is 5.30. The number of nitrogens with zero attached hydrogens (tertiary/aromatic N) is 2. The van der Waals surface area contributed by atoms with Crippen LogP contribution in [0.5, 0.6) is 0 Å². The number of nitrogens with one attached hydrogen (secondary N) is 1. The molecule has 1 aromatic heterocycles. The minimum absolute atomic E-state index is 0.130. The van der Waals surface area contributed by atoms with Gasteiger partial charge in [0, 0.05) is 30.1 Å². The summed E-state index contributed by atoms with van der Waals surface area (Å²) < 4.78 is 33.7. The van der Waals surface area contributed by atoms with E-state index in [1.165, 1.54) is 39.9 Å². The van der Waals surface area contributed by atoms with Crippen LogP contribution in [0.15, 0.2) is 53.4 Å². The molecule has 3 aromatic rings. The average molecular weight is 568 g/mol. The van der Waals surface area contributed by atoms with Crippen LogP contribution in [0.3, 0.4) is 0 Å². The van der Waals surface area contributed by atoms with Crippen molar-refractivity contribution in [2.45, 2.75) is 51.0 Å². The van der Waals surface area contributed by atoms with E-state index in [0.717, 1.165) is 61.3 Å². The lowest BCUT2D eigenvalue weighted by atomic mass is 10.0. The van der Waals surface area contributed by atoms with Crippen molar-refractivity contribution in [2.75, 3.05) is 35.9 Å². The Morgan fingerprint density at radius 1 is 1.03 bits per heavy atom. The van der Waals surface area contributed by atoms with Crippen molar-refractivity contribution >= 4 is 43.9 Å². The highest BCUT2D eigenvalue weighted by molar-refractivity contribution is 7.92. The Morgan fingerprint density at radius 3 is 2.54 bits per heavy atom. The molecule has 2 aromatic carbocycles. The Morgan fingerprint density at radius 2 is 1.79 bits per heavy atom. The van der Waals surface area contributed by atoms with Gasteiger partial charge in [-0.2, -0.15) is 0 Å². The monoisotopic (exact) mass is 567 g/mol. The van der Waals surface area contributed by atoms with E-state index in [4.69, 9.17) is 4.74 Å². The maximum atomic E-state index is 13.5. The molecule has 0 saturated carbocycles. The number of para-hydroxylation sites is 1. The first-order valence-electron chi connectivity index (χ1n) is 13.4. The summed E-state index contributed by atoms with van der Waals surface area (Å²) in [5.74, 6) is -0.839. The molecule has 0 aliphatic carbocycles. The summed E-state index contributed by atoms with van der Waals surface area (Å²) in [6.07, 6.45) is 3.37. The van der Waals surface area contributed by atoms with E-state index in [2.05, 4.69) is 17.1 Å². The van der Waals surface area contributed by atoms with Gasteiger partial charge in [-0.05, 0) is 80.6 Å². The van der Waals surface area contributed by atoms with Gasteiger partial charge in [0.2, 0.25) is 0 Å². The number of sulfonamides is 1. The van der Waals surface area contributed by atoms with Gasteiger partial charge in [-0.25, -0.2) is 13.2 Å². The van der Waals surface area contributed by atoms with Gasteiger partial charge in [0.25, 0.3) is 15.9 Å². The molecule has 1 N–H and O–H groups in total. The zero-order valence-corrected chi connectivity index (χ0v) is 23.9. The molecule has 0 bridgehead atoms. The van der Waals surface area contributed by atoms with Crippen LogP contribution in [0, 0.1) is 0 Å². The van der Waals surface area contributed by atoms with E-state index < -0.39 is 21.9 Å². The van der Waals surface area contributed by atoms with Crippen LogP contribution in [-0.2, 0) is 34.1 Å². The number of benzene rings is 2. The van der Waals surface area contributed by atoms with E-state index in [1.807, 2.05) is 24.3 Å². The van der Waals surface area contributed by atoms with Gasteiger partial charge < -0.3 is 10.1 Å². The van der Waals surface area contributed by atoms with E-state index in [1.54, 1.807) is 6.92 Å². The van der Waals surface area contributed by atoms with Gasteiger partial charge in [-0.1, -0.05) is 25.1 Å². The first-order chi connectivity index (χ1) is 18.8. The van der Waals surface area contributed by atoms with Gasteiger partial charge in [-0.15, -0.1) is 11.3 Å². The summed E-state index contributed by atoms with van der Waals surface area (Å²) in [5.41, 5.74) is 3.41. The minimum atomic E-state index is -3.78. The third-order valence-electron chi connectivity index (χ3n) is 7.15. The van der Waals surface area contributed by atoms with Crippen molar-refractivity contribution in [1.82, 2.24) is 4.90 Å². The third-order valence-corrected chi connectivity index (χ3v) is 10.1. The number of rotatable bonds is 8. The summed E-state index contributed by atoms with van der Waals surface area (Å²) in [7, 11) is -3.78. The summed E-state index contributed by atoms with van der Waals surface area (Å²) in [4.78, 5) is 29.6. The van der Waals surface area contributed by atoms with Gasteiger partial charge in [0.05, 0.1) is 22.8 Å². The van der Waals surface area contributed by atoms with E-state index >= 15 is 0 Å². The molecule has 3 heterocycles. The molecule has 8 nitrogen and oxygen atoms in total. The standard InChI is InChI=1S/C29H33N3O5S2/c1-3-16-31-18-15-23-25(19-31)38-28(26(23)29(34)37-4-2)30-27(33)21-11-13-22(14-12-21)39(35,36)32-17-7-9-20-8-5-6-10-24(20)32/h5-6,8,10-14H,3-4,7,9,15-19H2,1-2H3,(H,30,33). The van der Waals surface area contributed by atoms with Gasteiger partial charge in [0.1, 0.15) is 5.00 Å². The molecule has 10 heteroatoms. The highest BCUT2D eigenvalue weighted by Gasteiger charge is 2.31. The second-order valence-corrected chi connectivity index (χ2v) is 12.7. The average Bonchev–Trinajstić information content (AvgIpc) is 3.30. The van der Waals surface area contributed by atoms with Gasteiger partial charge in [0.15, 0.2) is 0 Å². The molecule has 0 unspecified atom stereocenters. The molecule has 5 rings (SSSR count). The van der Waals surface area contributed by atoms with E-state index in [0.29, 0.717) is 28.4 Å². The number of ether oxygens (including phenoxy) is 1. The predicted molar refractivity (Wildman–Crippen MR) is 153 cm³/mol. The highest BCUT2D eigenvalue weighted by atomic mass is 32.2. The zero-order valence-electron chi connectivity index (χ0n) is 22.2. The molecule has 0 radical (unpaired) electrons. The molecule has 0 saturated heterocycles. The van der Waals surface area contributed by atoms with Crippen molar-refractivity contribution in [3.05, 3.63) is 75.7 Å². The third kappa shape index (κ3) is 5.46. The first kappa shape index (κ1) is 27.4. The summed E-state index contributed by atoms with van der Waals surface area (Å²) in [5, 5.41) is 3.38. The number of carbonyl (C=O) groups is 2. The lowest BCUT2D eigenvalue weighted by molar-refractivity contribution is 0.0526. The summed E-state index contributed by atoms with van der Waals surface area (Å²) >= 11 is 1.41. The molecule has 2 aliphatic rings. The number of amides is 1. The van der Waals surface area contributed by atoms with Crippen LogP contribution in [0.2, 0.25) is 0 Å². The first-order valence-corrected chi connectivity index (χ1v) is 15.6. The Labute approximate surface area is 233 Å². The van der Waals surface area contributed by atoms with Gasteiger partial charge in [-0.3, -0.25) is 14.0 Å². The van der Waals surface area contributed by atoms with Crippen molar-refractivity contribution in [3.63, 3.8) is 0 Å². The Kier molecular flexibility index (Phi) is 8.06. The smallest absolute Gasteiger partial charge is 0.341 e. The molecule has 1 amide bonds. The maximum absolute atomic E-state index is 13.5. The van der Waals surface area contributed by atoms with Crippen LogP contribution < -0.4 is 9.62 Å². The van der Waals surface area contributed by atoms with Crippen molar-refractivity contribution < 1.29 is 22.7 Å². The number of thiophene rings is 1. The normalized spacial score (nSPS) is 15.4. The van der Waals surface area contributed by atoms with Crippen LogP contribution in [0.25, 0.3) is 0 Å². The molecule has 0 spiro atoms. The van der Waals surface area contributed by atoms with Crippen LogP contribution in [-0.4, -0.2) is 51.4 Å². The lowest BCUT2D eigenvalue weighted by Crippen LogP contribution is -2.35. The molecule has 39 heavy (non-hydrogen) atoms. The zero-order chi connectivity index (χ0) is 27.6. The maximum Gasteiger partial charge on any atom is 0.341 e. The van der Waals surface area contributed by atoms with Crippen molar-refractivity contribution in [1.29, 1.82) is 0 Å². The quantitative estimate of drug-likeness (QED) is 0.381. The number of anilines is 2. The Hall–Kier alpha value is -3.21. The Bertz CT molecular complexity index is 1480. The molecular weight excluding hydrogens is 534 g/mol. The largest absolute Gasteiger partial charge is 0.462 e. The molecule has 206 valence electrons. The van der Waals surface area contributed by atoms with Crippen LogP contribution >= 0.6 is 11.3 Å². The molecule has 0 fully saturated rings. The highest BCUT2D eigenvalue weighted by Crippen LogP contribution is 2.38. The molecule has 0 atom stereocenters. The molecule has 2 aliphatic heterocycles. The number of fused-ring (bicyclic) bond motifs is 2. The minimum Gasteiger partial charge on any atom is -0.462 e. The van der Waals surface area contributed by atoms with Crippen LogP contribution in [0.4, 0.5) is 10.7 Å². The SMILES string of the molecule is CCCN1CCc2c(sc(NC(=O)c3ccc(S(=O)(=O)N4CCCc5ccccc54)cc3)c2C(=O)OCC)C1. The lowest BCUT2D eigenvalue weighted by Gasteiger charge is -2.30. The number of hydrogen-bond donors (Lipinski definition) is 1. The second kappa shape index (κ2) is 11.5. The Balaban J connectivity index is 1.38. The van der Waals surface area contributed by atoms with E-state index in [9.17, 15) is 18.0 Å².